The zero-order valence-electron chi connectivity index (χ0n) is 13.7. The molecule has 0 saturated carbocycles. The van der Waals surface area contributed by atoms with Gasteiger partial charge in [0.2, 0.25) is 0 Å². The topological polar surface area (TPSA) is 55.4 Å². The van der Waals surface area contributed by atoms with E-state index >= 15 is 0 Å². The van der Waals surface area contributed by atoms with Crippen molar-refractivity contribution in [3.63, 3.8) is 0 Å². The predicted molar refractivity (Wildman–Crippen MR) is 97.0 cm³/mol. The number of nitrogens with one attached hydrogen (secondary N) is 1. The number of amides is 1. The lowest BCUT2D eigenvalue weighted by atomic mass is 10.1. The minimum Gasteiger partial charge on any atom is -0.422 e. The minimum absolute atomic E-state index is 0.224. The third-order valence-electron chi connectivity index (χ3n) is 3.65. The van der Waals surface area contributed by atoms with Crippen molar-refractivity contribution in [1.29, 1.82) is 0 Å². The maximum atomic E-state index is 12.5. The van der Waals surface area contributed by atoms with Crippen molar-refractivity contribution in [3.8, 4) is 5.75 Å². The van der Waals surface area contributed by atoms with Crippen molar-refractivity contribution < 1.29 is 14.3 Å². The number of ether oxygens (including phenoxy) is 1. The summed E-state index contributed by atoms with van der Waals surface area (Å²) >= 11 is 0. The van der Waals surface area contributed by atoms with Gasteiger partial charge in [0.1, 0.15) is 5.75 Å². The fourth-order valence-electron chi connectivity index (χ4n) is 2.31. The molecule has 0 aliphatic carbocycles. The van der Waals surface area contributed by atoms with Crippen molar-refractivity contribution in [2.24, 2.45) is 0 Å². The van der Waals surface area contributed by atoms with Crippen LogP contribution in [0.4, 0.5) is 5.69 Å². The lowest BCUT2D eigenvalue weighted by molar-refractivity contribution is 0.0733. The Morgan fingerprint density at radius 1 is 0.800 bits per heavy atom. The van der Waals surface area contributed by atoms with Crippen LogP contribution >= 0.6 is 0 Å². The van der Waals surface area contributed by atoms with Crippen LogP contribution in [0, 0.1) is 6.92 Å². The van der Waals surface area contributed by atoms with Gasteiger partial charge in [0.15, 0.2) is 0 Å². The highest BCUT2D eigenvalue weighted by Gasteiger charge is 2.16. The molecule has 124 valence electrons. The average Bonchev–Trinajstić information content (AvgIpc) is 2.63. The molecule has 0 aromatic heterocycles. The lowest BCUT2D eigenvalue weighted by Gasteiger charge is -2.10. The van der Waals surface area contributed by atoms with Gasteiger partial charge >= 0.3 is 5.97 Å². The SMILES string of the molecule is Cc1ccc(C(=O)Oc2ccccc2C(=O)Nc2ccccc2)cc1. The number of hydrogen-bond donors (Lipinski definition) is 1. The van der Waals surface area contributed by atoms with E-state index in [1.807, 2.05) is 37.3 Å². The summed E-state index contributed by atoms with van der Waals surface area (Å²) in [6.07, 6.45) is 0. The molecule has 0 radical (unpaired) electrons. The zero-order valence-corrected chi connectivity index (χ0v) is 13.7. The van der Waals surface area contributed by atoms with Gasteiger partial charge in [-0.1, -0.05) is 48.0 Å². The van der Waals surface area contributed by atoms with E-state index in [4.69, 9.17) is 4.74 Å². The summed E-state index contributed by atoms with van der Waals surface area (Å²) in [5, 5.41) is 2.79. The quantitative estimate of drug-likeness (QED) is 0.567. The number of carbonyl (C=O) groups is 2. The van der Waals surface area contributed by atoms with Crippen molar-refractivity contribution in [1.82, 2.24) is 0 Å². The Balaban J connectivity index is 1.79. The number of benzene rings is 3. The maximum absolute atomic E-state index is 12.5. The molecule has 0 aliphatic heterocycles. The fraction of sp³-hybridized carbons (Fsp3) is 0.0476. The number of anilines is 1. The fourth-order valence-corrected chi connectivity index (χ4v) is 2.31. The maximum Gasteiger partial charge on any atom is 0.343 e. The predicted octanol–water partition coefficient (Wildman–Crippen LogP) is 4.47. The Kier molecular flexibility index (Phi) is 4.90. The van der Waals surface area contributed by atoms with Crippen LogP contribution in [0.5, 0.6) is 5.75 Å². The average molecular weight is 331 g/mol. The number of para-hydroxylation sites is 2. The first kappa shape index (κ1) is 16.5. The molecule has 3 rings (SSSR count). The normalized spacial score (nSPS) is 10.1. The van der Waals surface area contributed by atoms with Gasteiger partial charge in [0.25, 0.3) is 5.91 Å². The molecule has 0 spiro atoms. The van der Waals surface area contributed by atoms with Gasteiger partial charge in [0.05, 0.1) is 11.1 Å². The van der Waals surface area contributed by atoms with E-state index in [1.165, 1.54) is 0 Å². The smallest absolute Gasteiger partial charge is 0.343 e. The number of esters is 1. The van der Waals surface area contributed by atoms with Crippen LogP contribution in [0.15, 0.2) is 78.9 Å². The summed E-state index contributed by atoms with van der Waals surface area (Å²) in [6, 6.07) is 22.9. The molecule has 1 N–H and O–H groups in total. The molecule has 1 amide bonds. The first-order valence-electron chi connectivity index (χ1n) is 7.88. The second-order valence-corrected chi connectivity index (χ2v) is 5.57. The van der Waals surface area contributed by atoms with Crippen LogP contribution < -0.4 is 10.1 Å². The highest BCUT2D eigenvalue weighted by Crippen LogP contribution is 2.21. The van der Waals surface area contributed by atoms with E-state index < -0.39 is 5.97 Å². The Morgan fingerprint density at radius 2 is 1.44 bits per heavy atom. The summed E-state index contributed by atoms with van der Waals surface area (Å²) in [4.78, 5) is 24.8. The van der Waals surface area contributed by atoms with Crippen molar-refractivity contribution in [2.45, 2.75) is 6.92 Å². The van der Waals surface area contributed by atoms with E-state index in [1.54, 1.807) is 48.5 Å². The van der Waals surface area contributed by atoms with Crippen LogP contribution in [-0.4, -0.2) is 11.9 Å². The van der Waals surface area contributed by atoms with Crippen molar-refractivity contribution >= 4 is 17.6 Å². The Bertz CT molecular complexity index is 887. The standard InChI is InChI=1S/C21H17NO3/c1-15-11-13-16(14-12-15)21(24)25-19-10-6-5-9-18(19)20(23)22-17-7-3-2-4-8-17/h2-14H,1H3,(H,22,23). The van der Waals surface area contributed by atoms with Crippen molar-refractivity contribution in [3.05, 3.63) is 95.6 Å². The number of hydrogen-bond acceptors (Lipinski definition) is 3. The first-order chi connectivity index (χ1) is 12.1. The van der Waals surface area contributed by atoms with Gasteiger partial charge in [-0.2, -0.15) is 0 Å². The summed E-state index contributed by atoms with van der Waals surface area (Å²) in [6.45, 7) is 1.94. The first-order valence-corrected chi connectivity index (χ1v) is 7.88. The molecule has 4 nitrogen and oxygen atoms in total. The number of carbonyl (C=O) groups excluding carboxylic acids is 2. The van der Waals surface area contributed by atoms with Gasteiger partial charge < -0.3 is 10.1 Å². The van der Waals surface area contributed by atoms with E-state index in [0.29, 0.717) is 16.8 Å². The van der Waals surface area contributed by atoms with Crippen LogP contribution in [0.1, 0.15) is 26.3 Å². The molecule has 0 aliphatic rings. The van der Waals surface area contributed by atoms with Gasteiger partial charge in [-0.3, -0.25) is 4.79 Å². The van der Waals surface area contributed by atoms with Gasteiger partial charge in [-0.25, -0.2) is 4.79 Å². The lowest BCUT2D eigenvalue weighted by Crippen LogP contribution is -2.16. The highest BCUT2D eigenvalue weighted by molar-refractivity contribution is 6.07. The summed E-state index contributed by atoms with van der Waals surface area (Å²) in [7, 11) is 0. The monoisotopic (exact) mass is 331 g/mol. The van der Waals surface area contributed by atoms with Crippen LogP contribution in [0.2, 0.25) is 0 Å². The zero-order chi connectivity index (χ0) is 17.6. The largest absolute Gasteiger partial charge is 0.422 e. The molecule has 25 heavy (non-hydrogen) atoms. The number of rotatable bonds is 4. The number of aryl methyl sites for hydroxylation is 1. The summed E-state index contributed by atoms with van der Waals surface area (Å²) < 4.78 is 5.43. The Morgan fingerprint density at radius 3 is 2.16 bits per heavy atom. The van der Waals surface area contributed by atoms with Gasteiger partial charge in [-0.05, 0) is 43.3 Å². The highest BCUT2D eigenvalue weighted by atomic mass is 16.5. The molecule has 0 atom stereocenters. The van der Waals surface area contributed by atoms with Gasteiger partial charge in [-0.15, -0.1) is 0 Å². The second kappa shape index (κ2) is 7.45. The van der Waals surface area contributed by atoms with Gasteiger partial charge in [0, 0.05) is 5.69 Å². The molecule has 4 heteroatoms. The molecule has 3 aromatic rings. The van der Waals surface area contributed by atoms with E-state index in [-0.39, 0.29) is 11.7 Å². The summed E-state index contributed by atoms with van der Waals surface area (Å²) in [5.41, 5.74) is 2.46. The minimum atomic E-state index is -0.500. The Hall–Kier alpha value is -3.40. The third-order valence-corrected chi connectivity index (χ3v) is 3.65. The van der Waals surface area contributed by atoms with E-state index in [0.717, 1.165) is 5.56 Å². The van der Waals surface area contributed by atoms with E-state index in [2.05, 4.69) is 5.32 Å². The van der Waals surface area contributed by atoms with Crippen molar-refractivity contribution in [2.75, 3.05) is 5.32 Å². The van der Waals surface area contributed by atoms with Crippen LogP contribution in [0.3, 0.4) is 0 Å². The molecule has 0 heterocycles. The third kappa shape index (κ3) is 4.12. The molecular weight excluding hydrogens is 314 g/mol. The molecule has 0 bridgehead atoms. The molecule has 3 aromatic carbocycles. The van der Waals surface area contributed by atoms with Crippen LogP contribution in [-0.2, 0) is 0 Å². The molecule has 0 unspecified atom stereocenters. The molecular formula is C21H17NO3. The second-order valence-electron chi connectivity index (χ2n) is 5.57. The Labute approximate surface area is 146 Å². The molecule has 0 fully saturated rings. The van der Waals surface area contributed by atoms with E-state index in [9.17, 15) is 9.59 Å². The van der Waals surface area contributed by atoms with Crippen LogP contribution in [0.25, 0.3) is 0 Å². The molecule has 0 saturated heterocycles. The summed E-state index contributed by atoms with van der Waals surface area (Å²) in [5.74, 6) is -0.611.